The average molecular weight is 419 g/mol. The van der Waals surface area contributed by atoms with Crippen LogP contribution in [-0.4, -0.2) is 35.2 Å². The van der Waals surface area contributed by atoms with Crippen LogP contribution >= 0.6 is 11.3 Å². The van der Waals surface area contributed by atoms with E-state index in [1.54, 1.807) is 19.9 Å². The zero-order valence-corrected chi connectivity index (χ0v) is 16.9. The van der Waals surface area contributed by atoms with Crippen LogP contribution in [0.5, 0.6) is 0 Å². The number of carbonyl (C=O) groups is 4. The molecule has 2 aromatic rings. The van der Waals surface area contributed by atoms with Gasteiger partial charge in [-0.25, -0.2) is 9.78 Å². The molecule has 1 aliphatic carbocycles. The SMILES string of the molecule is CCOC(=O)c1ccc(CNC(=O)C2CC(=O)c3sc(NC(=O)CC)nc3C2)o1. The van der Waals surface area contributed by atoms with Crippen LogP contribution < -0.4 is 10.6 Å². The highest BCUT2D eigenvalue weighted by atomic mass is 32.1. The van der Waals surface area contributed by atoms with E-state index < -0.39 is 11.9 Å². The third-order valence-electron chi connectivity index (χ3n) is 4.34. The van der Waals surface area contributed by atoms with Crippen molar-refractivity contribution in [1.82, 2.24) is 10.3 Å². The van der Waals surface area contributed by atoms with E-state index in [9.17, 15) is 19.2 Å². The number of thiazole rings is 1. The number of hydrogen-bond donors (Lipinski definition) is 2. The van der Waals surface area contributed by atoms with Crippen LogP contribution in [0, 0.1) is 5.92 Å². The molecule has 0 aromatic carbocycles. The minimum absolute atomic E-state index is 0.0673. The molecule has 0 saturated carbocycles. The number of amides is 2. The van der Waals surface area contributed by atoms with E-state index in [0.29, 0.717) is 34.3 Å². The molecule has 154 valence electrons. The second-order valence-corrected chi connectivity index (χ2v) is 7.43. The molecule has 2 N–H and O–H groups in total. The van der Waals surface area contributed by atoms with Gasteiger partial charge in [0.05, 0.1) is 29.6 Å². The number of fused-ring (bicyclic) bond motifs is 1. The molecule has 0 aliphatic heterocycles. The zero-order valence-electron chi connectivity index (χ0n) is 16.1. The number of esters is 1. The van der Waals surface area contributed by atoms with E-state index in [-0.39, 0.29) is 42.9 Å². The van der Waals surface area contributed by atoms with Gasteiger partial charge in [0.25, 0.3) is 0 Å². The van der Waals surface area contributed by atoms with Crippen molar-refractivity contribution in [2.75, 3.05) is 11.9 Å². The molecular formula is C19H21N3O6S. The molecule has 0 bridgehead atoms. The van der Waals surface area contributed by atoms with E-state index in [0.717, 1.165) is 11.3 Å². The fraction of sp³-hybridized carbons (Fsp3) is 0.421. The van der Waals surface area contributed by atoms with Crippen molar-refractivity contribution in [2.24, 2.45) is 5.92 Å². The number of Topliss-reactive ketones (excluding diaryl/α,β-unsaturated/α-hetero) is 1. The van der Waals surface area contributed by atoms with Crippen LogP contribution in [0.15, 0.2) is 16.5 Å². The van der Waals surface area contributed by atoms with Gasteiger partial charge in [-0.15, -0.1) is 0 Å². The number of rotatable bonds is 7. The van der Waals surface area contributed by atoms with Crippen LogP contribution in [0.3, 0.4) is 0 Å². The first-order valence-corrected chi connectivity index (χ1v) is 10.1. The Morgan fingerprint density at radius 3 is 2.79 bits per heavy atom. The minimum Gasteiger partial charge on any atom is -0.460 e. The van der Waals surface area contributed by atoms with Crippen LogP contribution in [0.25, 0.3) is 0 Å². The molecule has 1 aliphatic rings. The van der Waals surface area contributed by atoms with Crippen molar-refractivity contribution in [3.63, 3.8) is 0 Å². The first kappa shape index (κ1) is 20.7. The maximum atomic E-state index is 12.5. The Hall–Kier alpha value is -3.01. The Kier molecular flexibility index (Phi) is 6.42. The standard InChI is InChI=1S/C19H21N3O6S/c1-3-15(24)22-19-21-12-7-10(8-13(23)16(12)29-19)17(25)20-9-11-5-6-14(28-11)18(26)27-4-2/h5-6,10H,3-4,7-9H2,1-2H3,(H,20,25)(H,21,22,24). The highest BCUT2D eigenvalue weighted by Gasteiger charge is 2.33. The van der Waals surface area contributed by atoms with E-state index in [4.69, 9.17) is 9.15 Å². The molecule has 2 aromatic heterocycles. The second kappa shape index (κ2) is 8.99. The Balaban J connectivity index is 1.59. The molecule has 29 heavy (non-hydrogen) atoms. The van der Waals surface area contributed by atoms with E-state index in [1.807, 2.05) is 0 Å². The Labute approximate surface area is 170 Å². The topological polar surface area (TPSA) is 128 Å². The lowest BCUT2D eigenvalue weighted by molar-refractivity contribution is -0.125. The Morgan fingerprint density at radius 2 is 2.07 bits per heavy atom. The van der Waals surface area contributed by atoms with Crippen molar-refractivity contribution in [1.29, 1.82) is 0 Å². The first-order chi connectivity index (χ1) is 13.9. The van der Waals surface area contributed by atoms with Gasteiger partial charge in [-0.05, 0) is 19.1 Å². The zero-order chi connectivity index (χ0) is 21.0. The van der Waals surface area contributed by atoms with Crippen molar-refractivity contribution in [3.8, 4) is 0 Å². The molecule has 0 fully saturated rings. The number of nitrogens with one attached hydrogen (secondary N) is 2. The number of nitrogens with zero attached hydrogens (tertiary/aromatic N) is 1. The number of aromatic nitrogens is 1. The van der Waals surface area contributed by atoms with Gasteiger partial charge in [-0.3, -0.25) is 14.4 Å². The molecule has 2 amide bonds. The molecular weight excluding hydrogens is 398 g/mol. The second-order valence-electron chi connectivity index (χ2n) is 6.43. The summed E-state index contributed by atoms with van der Waals surface area (Å²) >= 11 is 1.14. The molecule has 1 unspecified atom stereocenters. The molecule has 3 rings (SSSR count). The van der Waals surface area contributed by atoms with Gasteiger partial charge >= 0.3 is 5.97 Å². The molecule has 0 spiro atoms. The monoisotopic (exact) mass is 419 g/mol. The van der Waals surface area contributed by atoms with Gasteiger partial charge in [0.2, 0.25) is 17.6 Å². The predicted octanol–water partition coefficient (Wildman–Crippen LogP) is 2.32. The number of furan rings is 1. The van der Waals surface area contributed by atoms with Gasteiger partial charge in [-0.2, -0.15) is 0 Å². The summed E-state index contributed by atoms with van der Waals surface area (Å²) < 4.78 is 10.2. The number of ketones is 1. The number of carbonyl (C=O) groups excluding carboxylic acids is 4. The lowest BCUT2D eigenvalue weighted by atomic mass is 9.89. The van der Waals surface area contributed by atoms with Crippen molar-refractivity contribution >= 4 is 40.0 Å². The molecule has 2 heterocycles. The number of ether oxygens (including phenoxy) is 1. The van der Waals surface area contributed by atoms with Crippen molar-refractivity contribution in [3.05, 3.63) is 34.2 Å². The van der Waals surface area contributed by atoms with E-state index >= 15 is 0 Å². The summed E-state index contributed by atoms with van der Waals surface area (Å²) in [7, 11) is 0. The Bertz CT molecular complexity index is 948. The van der Waals surface area contributed by atoms with Gasteiger partial charge in [0.1, 0.15) is 5.76 Å². The maximum Gasteiger partial charge on any atom is 0.374 e. The summed E-state index contributed by atoms with van der Waals surface area (Å²) in [6.45, 7) is 3.75. The molecule has 10 heteroatoms. The quantitative estimate of drug-likeness (QED) is 0.659. The summed E-state index contributed by atoms with van der Waals surface area (Å²) in [5.41, 5.74) is 0.528. The lowest BCUT2D eigenvalue weighted by Gasteiger charge is -2.19. The fourth-order valence-electron chi connectivity index (χ4n) is 2.88. The van der Waals surface area contributed by atoms with Crippen LogP contribution in [0.4, 0.5) is 5.13 Å². The normalized spacial score (nSPS) is 15.5. The van der Waals surface area contributed by atoms with Gasteiger partial charge < -0.3 is 19.8 Å². The fourth-order valence-corrected chi connectivity index (χ4v) is 3.84. The smallest absolute Gasteiger partial charge is 0.374 e. The molecule has 1 atom stereocenters. The van der Waals surface area contributed by atoms with E-state index in [2.05, 4.69) is 15.6 Å². The Morgan fingerprint density at radius 1 is 1.28 bits per heavy atom. The summed E-state index contributed by atoms with van der Waals surface area (Å²) in [5, 5.41) is 5.74. The minimum atomic E-state index is -0.565. The van der Waals surface area contributed by atoms with E-state index in [1.165, 1.54) is 6.07 Å². The predicted molar refractivity (Wildman–Crippen MR) is 104 cm³/mol. The first-order valence-electron chi connectivity index (χ1n) is 9.27. The highest BCUT2D eigenvalue weighted by molar-refractivity contribution is 7.17. The van der Waals surface area contributed by atoms with Gasteiger partial charge in [0, 0.05) is 19.3 Å². The summed E-state index contributed by atoms with van der Waals surface area (Å²) in [6.07, 6.45) is 0.708. The van der Waals surface area contributed by atoms with Crippen LogP contribution in [0.1, 0.15) is 58.4 Å². The molecule has 0 saturated heterocycles. The summed E-state index contributed by atoms with van der Waals surface area (Å²) in [6, 6.07) is 3.07. The third-order valence-corrected chi connectivity index (χ3v) is 5.39. The van der Waals surface area contributed by atoms with Crippen molar-refractivity contribution < 1.29 is 28.3 Å². The van der Waals surface area contributed by atoms with Gasteiger partial charge in [-0.1, -0.05) is 18.3 Å². The van der Waals surface area contributed by atoms with Crippen LogP contribution in [-0.2, 0) is 27.3 Å². The summed E-state index contributed by atoms with van der Waals surface area (Å²) in [4.78, 5) is 52.8. The van der Waals surface area contributed by atoms with Gasteiger partial charge in [0.15, 0.2) is 10.9 Å². The number of anilines is 1. The third kappa shape index (κ3) is 4.89. The average Bonchev–Trinajstić information content (AvgIpc) is 3.33. The maximum absolute atomic E-state index is 12.5. The van der Waals surface area contributed by atoms with Crippen molar-refractivity contribution in [2.45, 2.75) is 39.7 Å². The summed E-state index contributed by atoms with van der Waals surface area (Å²) in [5.74, 6) is -1.29. The number of hydrogen-bond acceptors (Lipinski definition) is 8. The highest BCUT2D eigenvalue weighted by Crippen LogP contribution is 2.32. The molecule has 9 nitrogen and oxygen atoms in total. The molecule has 0 radical (unpaired) electrons. The lowest BCUT2D eigenvalue weighted by Crippen LogP contribution is -2.35. The largest absolute Gasteiger partial charge is 0.460 e. The van der Waals surface area contributed by atoms with Crippen LogP contribution in [0.2, 0.25) is 0 Å².